The lowest BCUT2D eigenvalue weighted by Gasteiger charge is -2.34. The van der Waals surface area contributed by atoms with Gasteiger partial charge in [0.15, 0.2) is 0 Å². The van der Waals surface area contributed by atoms with E-state index < -0.39 is 0 Å². The van der Waals surface area contributed by atoms with Gasteiger partial charge in [0.1, 0.15) is 5.76 Å². The number of furan rings is 1. The van der Waals surface area contributed by atoms with E-state index in [9.17, 15) is 4.79 Å². The summed E-state index contributed by atoms with van der Waals surface area (Å²) in [6.45, 7) is 6.03. The topological polar surface area (TPSA) is 75.6 Å². The van der Waals surface area contributed by atoms with Crippen molar-refractivity contribution in [2.45, 2.75) is 19.8 Å². The van der Waals surface area contributed by atoms with Crippen LogP contribution in [0.4, 0.5) is 0 Å². The summed E-state index contributed by atoms with van der Waals surface area (Å²) in [5.41, 5.74) is 0.668. The zero-order valence-corrected chi connectivity index (χ0v) is 16.1. The van der Waals surface area contributed by atoms with Crippen LogP contribution in [0, 0.1) is 6.92 Å². The maximum Gasteiger partial charge on any atom is 0.257 e. The highest BCUT2D eigenvalue weighted by Crippen LogP contribution is 2.21. The molecule has 4 heterocycles. The van der Waals surface area contributed by atoms with Gasteiger partial charge in [0.25, 0.3) is 5.91 Å². The van der Waals surface area contributed by atoms with Gasteiger partial charge < -0.3 is 13.8 Å². The average molecular weight is 386 g/mol. The Balaban J connectivity index is 1.21. The number of carbonyl (C=O) groups is 1. The fourth-order valence-electron chi connectivity index (χ4n) is 3.27. The van der Waals surface area contributed by atoms with Gasteiger partial charge in [-0.05, 0) is 37.4 Å². The third-order valence-corrected chi connectivity index (χ3v) is 5.69. The van der Waals surface area contributed by atoms with Crippen molar-refractivity contribution in [2.24, 2.45) is 0 Å². The SMILES string of the molecule is Cc1occc1C(=O)N1CCN(CCCc2nc(-c3cccs3)no2)CC1. The van der Waals surface area contributed by atoms with E-state index in [1.54, 1.807) is 23.7 Å². The number of carbonyl (C=O) groups excluding carboxylic acids is 1. The van der Waals surface area contributed by atoms with Gasteiger partial charge in [-0.2, -0.15) is 4.98 Å². The Morgan fingerprint density at radius 2 is 2.11 bits per heavy atom. The van der Waals surface area contributed by atoms with Crippen molar-refractivity contribution < 1.29 is 13.7 Å². The lowest BCUT2D eigenvalue weighted by Crippen LogP contribution is -2.48. The maximum absolute atomic E-state index is 12.5. The summed E-state index contributed by atoms with van der Waals surface area (Å²) < 4.78 is 10.6. The van der Waals surface area contributed by atoms with Crippen LogP contribution in [0.15, 0.2) is 38.8 Å². The molecule has 1 amide bonds. The number of nitrogens with zero attached hydrogens (tertiary/aromatic N) is 4. The number of thiophene rings is 1. The molecule has 1 saturated heterocycles. The van der Waals surface area contributed by atoms with E-state index in [1.807, 2.05) is 29.3 Å². The Hall–Kier alpha value is -2.45. The minimum absolute atomic E-state index is 0.0628. The predicted molar refractivity (Wildman–Crippen MR) is 102 cm³/mol. The Morgan fingerprint density at radius 3 is 2.81 bits per heavy atom. The third-order valence-electron chi connectivity index (χ3n) is 4.82. The Kier molecular flexibility index (Phi) is 5.35. The molecule has 27 heavy (non-hydrogen) atoms. The average Bonchev–Trinajstić information content (AvgIpc) is 3.43. The smallest absolute Gasteiger partial charge is 0.257 e. The van der Waals surface area contributed by atoms with Gasteiger partial charge in [0, 0.05) is 32.6 Å². The molecule has 3 aromatic rings. The highest BCUT2D eigenvalue weighted by atomic mass is 32.1. The lowest BCUT2D eigenvalue weighted by molar-refractivity contribution is 0.0634. The van der Waals surface area contributed by atoms with E-state index in [4.69, 9.17) is 8.94 Å². The molecule has 0 spiro atoms. The highest BCUT2D eigenvalue weighted by molar-refractivity contribution is 7.13. The number of aromatic nitrogens is 2. The van der Waals surface area contributed by atoms with E-state index in [1.165, 1.54) is 0 Å². The van der Waals surface area contributed by atoms with Gasteiger partial charge in [0.2, 0.25) is 11.7 Å². The van der Waals surface area contributed by atoms with Crippen LogP contribution in [0.1, 0.15) is 28.4 Å². The Morgan fingerprint density at radius 1 is 1.26 bits per heavy atom. The number of hydrogen-bond donors (Lipinski definition) is 0. The van der Waals surface area contributed by atoms with Gasteiger partial charge in [-0.25, -0.2) is 0 Å². The largest absolute Gasteiger partial charge is 0.469 e. The van der Waals surface area contributed by atoms with Crippen molar-refractivity contribution in [3.8, 4) is 10.7 Å². The highest BCUT2D eigenvalue weighted by Gasteiger charge is 2.24. The molecule has 0 N–H and O–H groups in total. The van der Waals surface area contributed by atoms with Crippen LogP contribution in [-0.4, -0.2) is 58.6 Å². The van der Waals surface area contributed by atoms with Crippen LogP contribution < -0.4 is 0 Å². The van der Waals surface area contributed by atoms with Crippen molar-refractivity contribution in [2.75, 3.05) is 32.7 Å². The van der Waals surface area contributed by atoms with E-state index >= 15 is 0 Å². The standard InChI is InChI=1S/C19H22N4O3S/c1-14-15(6-12-25-14)19(24)23-10-8-22(9-11-23)7-2-5-17-20-18(21-26-17)16-4-3-13-27-16/h3-4,6,12-13H,2,5,7-11H2,1H3. The Labute approximate surface area is 161 Å². The minimum atomic E-state index is 0.0628. The second-order valence-electron chi connectivity index (χ2n) is 6.62. The third kappa shape index (κ3) is 4.12. The zero-order valence-electron chi connectivity index (χ0n) is 15.3. The molecule has 8 heteroatoms. The second-order valence-corrected chi connectivity index (χ2v) is 7.56. The zero-order chi connectivity index (χ0) is 18.6. The molecule has 0 aromatic carbocycles. The molecule has 0 radical (unpaired) electrons. The summed E-state index contributed by atoms with van der Waals surface area (Å²) in [5.74, 6) is 2.10. The first kappa shape index (κ1) is 17.9. The molecule has 3 aromatic heterocycles. The van der Waals surface area contributed by atoms with Crippen LogP contribution in [0.5, 0.6) is 0 Å². The van der Waals surface area contributed by atoms with E-state index in [0.29, 0.717) is 23.0 Å². The summed E-state index contributed by atoms with van der Waals surface area (Å²) >= 11 is 1.61. The first-order chi connectivity index (χ1) is 13.2. The molecule has 0 aliphatic carbocycles. The van der Waals surface area contributed by atoms with Gasteiger partial charge in [-0.1, -0.05) is 11.2 Å². The minimum Gasteiger partial charge on any atom is -0.469 e. The van der Waals surface area contributed by atoms with Gasteiger partial charge in [-0.15, -0.1) is 11.3 Å². The molecule has 0 atom stereocenters. The molecule has 0 saturated carbocycles. The summed E-state index contributed by atoms with van der Waals surface area (Å²) in [5, 5.41) is 6.05. The number of aryl methyl sites for hydroxylation is 2. The number of hydrogen-bond acceptors (Lipinski definition) is 7. The van der Waals surface area contributed by atoms with E-state index in [-0.39, 0.29) is 5.91 Å². The fraction of sp³-hybridized carbons (Fsp3) is 0.421. The second kappa shape index (κ2) is 8.06. The predicted octanol–water partition coefficient (Wildman–Crippen LogP) is 3.09. The van der Waals surface area contributed by atoms with Crippen LogP contribution in [0.25, 0.3) is 10.7 Å². The fourth-order valence-corrected chi connectivity index (χ4v) is 3.92. The van der Waals surface area contributed by atoms with Crippen molar-refractivity contribution in [1.82, 2.24) is 19.9 Å². The Bertz CT molecular complexity index is 879. The summed E-state index contributed by atoms with van der Waals surface area (Å²) in [7, 11) is 0. The van der Waals surface area contributed by atoms with Crippen molar-refractivity contribution >= 4 is 17.2 Å². The van der Waals surface area contributed by atoms with Crippen LogP contribution >= 0.6 is 11.3 Å². The molecule has 1 aliphatic rings. The van der Waals surface area contributed by atoms with Crippen molar-refractivity contribution in [1.29, 1.82) is 0 Å². The van der Waals surface area contributed by atoms with E-state index in [2.05, 4.69) is 15.0 Å². The lowest BCUT2D eigenvalue weighted by atomic mass is 10.2. The normalized spacial score (nSPS) is 15.4. The molecule has 0 bridgehead atoms. The van der Waals surface area contributed by atoms with Crippen LogP contribution in [-0.2, 0) is 6.42 Å². The maximum atomic E-state index is 12.5. The van der Waals surface area contributed by atoms with Crippen molar-refractivity contribution in [3.63, 3.8) is 0 Å². The molecule has 1 fully saturated rings. The van der Waals surface area contributed by atoms with Gasteiger partial charge in [-0.3, -0.25) is 9.69 Å². The molecular weight excluding hydrogens is 364 g/mol. The van der Waals surface area contributed by atoms with Crippen LogP contribution in [0.2, 0.25) is 0 Å². The summed E-state index contributed by atoms with van der Waals surface area (Å²) in [6.07, 6.45) is 3.30. The van der Waals surface area contributed by atoms with Gasteiger partial charge in [0.05, 0.1) is 16.7 Å². The number of rotatable bonds is 6. The molecule has 7 nitrogen and oxygen atoms in total. The monoisotopic (exact) mass is 386 g/mol. The first-order valence-corrected chi connectivity index (χ1v) is 10.0. The molecule has 142 valence electrons. The molecular formula is C19H22N4O3S. The summed E-state index contributed by atoms with van der Waals surface area (Å²) in [6, 6.07) is 5.72. The van der Waals surface area contributed by atoms with Gasteiger partial charge >= 0.3 is 0 Å². The summed E-state index contributed by atoms with van der Waals surface area (Å²) in [4.78, 5) is 22.3. The molecule has 4 rings (SSSR count). The molecule has 1 aliphatic heterocycles. The van der Waals surface area contributed by atoms with E-state index in [0.717, 1.165) is 50.4 Å². The van der Waals surface area contributed by atoms with Crippen LogP contribution in [0.3, 0.4) is 0 Å². The van der Waals surface area contributed by atoms with Crippen molar-refractivity contribution in [3.05, 3.63) is 47.1 Å². The first-order valence-electron chi connectivity index (χ1n) is 9.13. The number of piperazine rings is 1. The number of amides is 1. The molecule has 0 unspecified atom stereocenters. The quantitative estimate of drug-likeness (QED) is 0.648.